The summed E-state index contributed by atoms with van der Waals surface area (Å²) in [6.45, 7) is 0.797. The van der Waals surface area contributed by atoms with Crippen LogP contribution in [0, 0.1) is 5.82 Å². The predicted molar refractivity (Wildman–Crippen MR) is 76.7 cm³/mol. The Morgan fingerprint density at radius 2 is 2.19 bits per heavy atom. The number of anilines is 1. The summed E-state index contributed by atoms with van der Waals surface area (Å²) >= 11 is 1.30. The van der Waals surface area contributed by atoms with E-state index >= 15 is 0 Å². The van der Waals surface area contributed by atoms with Gasteiger partial charge in [-0.15, -0.1) is 5.10 Å². The predicted octanol–water partition coefficient (Wildman–Crippen LogP) is 1.27. The Morgan fingerprint density at radius 1 is 1.38 bits per heavy atom. The number of nitrogens with zero attached hydrogens (tertiary/aromatic N) is 5. The highest BCUT2D eigenvalue weighted by Gasteiger charge is 2.46. The molecule has 3 heterocycles. The van der Waals surface area contributed by atoms with E-state index in [9.17, 15) is 9.50 Å². The van der Waals surface area contributed by atoms with Crippen molar-refractivity contribution in [1.29, 1.82) is 0 Å². The molecule has 1 aliphatic rings. The molecule has 21 heavy (non-hydrogen) atoms. The molecular weight excluding hydrogens is 293 g/mol. The molecule has 8 heteroatoms. The van der Waals surface area contributed by atoms with Gasteiger partial charge in [-0.2, -0.15) is 0 Å². The Balaban J connectivity index is 1.62. The van der Waals surface area contributed by atoms with Crippen LogP contribution in [-0.4, -0.2) is 38.2 Å². The van der Waals surface area contributed by atoms with Crippen molar-refractivity contribution in [2.45, 2.75) is 5.60 Å². The summed E-state index contributed by atoms with van der Waals surface area (Å²) in [5.74, 6) is -0.261. The molecule has 2 aromatic heterocycles. The molecule has 0 aliphatic carbocycles. The van der Waals surface area contributed by atoms with Gasteiger partial charge < -0.3 is 10.0 Å². The van der Waals surface area contributed by atoms with Crippen molar-refractivity contribution in [3.63, 3.8) is 0 Å². The van der Waals surface area contributed by atoms with Crippen molar-refractivity contribution in [2.24, 2.45) is 7.05 Å². The van der Waals surface area contributed by atoms with Gasteiger partial charge in [0.05, 0.1) is 35.2 Å². The van der Waals surface area contributed by atoms with Gasteiger partial charge in [0.2, 0.25) is 0 Å². The van der Waals surface area contributed by atoms with Gasteiger partial charge in [0.25, 0.3) is 0 Å². The van der Waals surface area contributed by atoms with E-state index in [0.717, 1.165) is 5.13 Å². The molecule has 0 bridgehead atoms. The van der Waals surface area contributed by atoms with Crippen LogP contribution in [0.25, 0.3) is 10.2 Å². The fraction of sp³-hybridized carbons (Fsp3) is 0.308. The lowest BCUT2D eigenvalue weighted by Crippen LogP contribution is -2.60. The largest absolute Gasteiger partial charge is 0.380 e. The van der Waals surface area contributed by atoms with Crippen molar-refractivity contribution < 1.29 is 9.50 Å². The summed E-state index contributed by atoms with van der Waals surface area (Å²) in [6, 6.07) is 4.86. The number of fused-ring (bicyclic) bond motifs is 1. The normalized spacial score (nSPS) is 17.2. The number of benzene rings is 1. The molecule has 1 fully saturated rings. The van der Waals surface area contributed by atoms with Crippen LogP contribution in [0.1, 0.15) is 5.69 Å². The van der Waals surface area contributed by atoms with Crippen molar-refractivity contribution in [1.82, 2.24) is 20.0 Å². The van der Waals surface area contributed by atoms with Crippen LogP contribution in [0.2, 0.25) is 0 Å². The third kappa shape index (κ3) is 1.83. The first-order valence-corrected chi connectivity index (χ1v) is 7.26. The van der Waals surface area contributed by atoms with Gasteiger partial charge in [-0.25, -0.2) is 14.1 Å². The van der Waals surface area contributed by atoms with Gasteiger partial charge >= 0.3 is 0 Å². The van der Waals surface area contributed by atoms with Crippen LogP contribution < -0.4 is 4.90 Å². The highest BCUT2D eigenvalue weighted by molar-refractivity contribution is 7.22. The minimum atomic E-state index is -0.978. The number of thiazole rings is 1. The van der Waals surface area contributed by atoms with Gasteiger partial charge in [-0.1, -0.05) is 22.6 Å². The fourth-order valence-electron chi connectivity index (χ4n) is 2.63. The summed E-state index contributed by atoms with van der Waals surface area (Å²) in [5.41, 5.74) is 0.341. The maximum absolute atomic E-state index is 13.7. The second kappa shape index (κ2) is 4.22. The van der Waals surface area contributed by atoms with Crippen LogP contribution in [0.3, 0.4) is 0 Å². The molecule has 0 saturated carbocycles. The fourth-order valence-corrected chi connectivity index (χ4v) is 3.60. The Labute approximate surface area is 123 Å². The lowest BCUT2D eigenvalue weighted by atomic mass is 9.91. The summed E-state index contributed by atoms with van der Waals surface area (Å²) in [5, 5.41) is 18.9. The van der Waals surface area contributed by atoms with Crippen LogP contribution in [-0.2, 0) is 12.6 Å². The molecule has 3 aromatic rings. The summed E-state index contributed by atoms with van der Waals surface area (Å²) in [7, 11) is 1.75. The maximum atomic E-state index is 13.7. The van der Waals surface area contributed by atoms with Crippen molar-refractivity contribution >= 4 is 26.7 Å². The van der Waals surface area contributed by atoms with Crippen molar-refractivity contribution in [3.8, 4) is 0 Å². The van der Waals surface area contributed by atoms with E-state index in [1.807, 2.05) is 4.90 Å². The molecule has 108 valence electrons. The minimum absolute atomic E-state index is 0.261. The lowest BCUT2D eigenvalue weighted by molar-refractivity contribution is -0.0000274. The molecule has 1 saturated heterocycles. The van der Waals surface area contributed by atoms with E-state index in [-0.39, 0.29) is 5.82 Å². The molecule has 0 radical (unpaired) electrons. The lowest BCUT2D eigenvalue weighted by Gasteiger charge is -2.45. The first kappa shape index (κ1) is 12.7. The van der Waals surface area contributed by atoms with E-state index in [1.54, 1.807) is 30.1 Å². The van der Waals surface area contributed by atoms with Crippen LogP contribution in [0.5, 0.6) is 0 Å². The average Bonchev–Trinajstić information content (AvgIpc) is 3.02. The first-order valence-electron chi connectivity index (χ1n) is 6.44. The number of aryl methyl sites for hydroxylation is 1. The van der Waals surface area contributed by atoms with E-state index in [0.29, 0.717) is 29.0 Å². The Kier molecular flexibility index (Phi) is 2.54. The maximum Gasteiger partial charge on any atom is 0.186 e. The minimum Gasteiger partial charge on any atom is -0.380 e. The third-order valence-corrected chi connectivity index (χ3v) is 4.86. The number of halogens is 1. The SMILES string of the molecule is Cn1nncc1C1(O)CN(c2nc3cccc(F)c3s2)C1. The molecule has 6 nitrogen and oxygen atoms in total. The molecule has 1 aromatic carbocycles. The number of aliphatic hydroxyl groups is 1. The second-order valence-corrected chi connectivity index (χ2v) is 6.19. The Bertz CT molecular complexity index is 823. The number of hydrogen-bond acceptors (Lipinski definition) is 6. The summed E-state index contributed by atoms with van der Waals surface area (Å²) < 4.78 is 15.8. The van der Waals surface area contributed by atoms with Crippen LogP contribution >= 0.6 is 11.3 Å². The quantitative estimate of drug-likeness (QED) is 0.772. The highest BCUT2D eigenvalue weighted by Crippen LogP contribution is 2.38. The zero-order valence-electron chi connectivity index (χ0n) is 11.2. The Morgan fingerprint density at radius 3 is 2.86 bits per heavy atom. The molecule has 0 atom stereocenters. The Hall–Kier alpha value is -2.06. The molecule has 1 N–H and O–H groups in total. The zero-order valence-corrected chi connectivity index (χ0v) is 12.0. The first-order chi connectivity index (χ1) is 10.1. The van der Waals surface area contributed by atoms with E-state index in [1.165, 1.54) is 17.4 Å². The number of β-amino-alcohol motifs (C(OH)–C–C–N with tert-alkyl or cyclic N) is 1. The highest BCUT2D eigenvalue weighted by atomic mass is 32.1. The standard InChI is InChI=1S/C13H12FN5OS/c1-18-10(5-15-17-18)13(20)6-19(7-13)12-16-9-4-2-3-8(14)11(9)21-12/h2-5,20H,6-7H2,1H3. The summed E-state index contributed by atoms with van der Waals surface area (Å²) in [4.78, 5) is 6.35. The van der Waals surface area contributed by atoms with E-state index < -0.39 is 5.60 Å². The second-order valence-electron chi connectivity index (χ2n) is 5.22. The number of aromatic nitrogens is 4. The van der Waals surface area contributed by atoms with Gasteiger partial charge in [0.1, 0.15) is 11.4 Å². The van der Waals surface area contributed by atoms with Crippen molar-refractivity contribution in [3.05, 3.63) is 35.9 Å². The number of rotatable bonds is 2. The molecule has 0 unspecified atom stereocenters. The molecule has 0 spiro atoms. The monoisotopic (exact) mass is 305 g/mol. The number of hydrogen-bond donors (Lipinski definition) is 1. The van der Waals surface area contributed by atoms with Gasteiger partial charge in [0, 0.05) is 7.05 Å². The molecule has 4 rings (SSSR count). The van der Waals surface area contributed by atoms with E-state index in [4.69, 9.17) is 0 Å². The average molecular weight is 305 g/mol. The third-order valence-electron chi connectivity index (χ3n) is 3.72. The van der Waals surface area contributed by atoms with E-state index in [2.05, 4.69) is 15.3 Å². The van der Waals surface area contributed by atoms with Gasteiger partial charge in [0.15, 0.2) is 5.13 Å². The topological polar surface area (TPSA) is 67.1 Å². The molecular formula is C13H12FN5OS. The van der Waals surface area contributed by atoms with Crippen LogP contribution in [0.4, 0.5) is 9.52 Å². The van der Waals surface area contributed by atoms with Gasteiger partial charge in [-0.3, -0.25) is 0 Å². The van der Waals surface area contributed by atoms with Gasteiger partial charge in [-0.05, 0) is 12.1 Å². The van der Waals surface area contributed by atoms with Crippen molar-refractivity contribution in [2.75, 3.05) is 18.0 Å². The smallest absolute Gasteiger partial charge is 0.186 e. The van der Waals surface area contributed by atoms with Crippen LogP contribution in [0.15, 0.2) is 24.4 Å². The summed E-state index contributed by atoms with van der Waals surface area (Å²) in [6.07, 6.45) is 1.56. The zero-order chi connectivity index (χ0) is 14.6. The molecule has 1 aliphatic heterocycles. The molecule has 0 amide bonds.